The number of piperazine rings is 1. The Hall–Kier alpha value is -3.19. The van der Waals surface area contributed by atoms with E-state index in [0.717, 1.165) is 42.5 Å². The predicted octanol–water partition coefficient (Wildman–Crippen LogP) is 4.22. The van der Waals surface area contributed by atoms with Gasteiger partial charge in [0.15, 0.2) is 0 Å². The lowest BCUT2D eigenvalue weighted by Crippen LogP contribution is -2.50. The molecule has 1 saturated carbocycles. The average Bonchev–Trinajstić information content (AvgIpc) is 2.87. The zero-order valence-corrected chi connectivity index (χ0v) is 20.8. The lowest BCUT2D eigenvalue weighted by atomic mass is 9.88. The van der Waals surface area contributed by atoms with E-state index in [1.54, 1.807) is 12.1 Å². The van der Waals surface area contributed by atoms with Crippen molar-refractivity contribution in [3.05, 3.63) is 59.2 Å². The molecule has 7 heteroatoms. The van der Waals surface area contributed by atoms with Crippen LogP contribution in [0.5, 0.6) is 0 Å². The minimum Gasteiger partial charge on any atom is -0.336 e. The van der Waals surface area contributed by atoms with Gasteiger partial charge in [0.05, 0.1) is 6.54 Å². The number of carbonyl (C=O) groups is 3. The number of para-hydroxylation sites is 1. The number of hydrogen-bond donors (Lipinski definition) is 2. The van der Waals surface area contributed by atoms with E-state index in [4.69, 9.17) is 0 Å². The summed E-state index contributed by atoms with van der Waals surface area (Å²) < 4.78 is 0. The number of nitrogens with zero attached hydrogens (tertiary/aromatic N) is 2. The Morgan fingerprint density at radius 3 is 2.20 bits per heavy atom. The normalized spacial score (nSPS) is 17.1. The summed E-state index contributed by atoms with van der Waals surface area (Å²) in [6.07, 6.45) is 5.30. The second-order valence-corrected chi connectivity index (χ2v) is 9.79. The first kappa shape index (κ1) is 24.9. The third-order valence-electron chi connectivity index (χ3n) is 7.13. The van der Waals surface area contributed by atoms with Gasteiger partial charge in [-0.25, -0.2) is 0 Å². The number of anilines is 2. The van der Waals surface area contributed by atoms with Crippen LogP contribution >= 0.6 is 0 Å². The fraction of sp³-hybridized carbons (Fsp3) is 0.464. The maximum absolute atomic E-state index is 13.1. The third kappa shape index (κ3) is 6.48. The molecule has 0 unspecified atom stereocenters. The van der Waals surface area contributed by atoms with Gasteiger partial charge < -0.3 is 15.5 Å². The van der Waals surface area contributed by atoms with Crippen LogP contribution in [0.2, 0.25) is 0 Å². The van der Waals surface area contributed by atoms with Crippen molar-refractivity contribution < 1.29 is 14.4 Å². The molecule has 35 heavy (non-hydrogen) atoms. The molecule has 3 amide bonds. The molecule has 2 aromatic rings. The molecule has 1 heterocycles. The molecule has 1 saturated heterocycles. The predicted molar refractivity (Wildman–Crippen MR) is 139 cm³/mol. The molecule has 7 nitrogen and oxygen atoms in total. The Morgan fingerprint density at radius 2 is 1.51 bits per heavy atom. The van der Waals surface area contributed by atoms with Crippen LogP contribution in [0, 0.1) is 19.8 Å². The highest BCUT2D eigenvalue weighted by Crippen LogP contribution is 2.25. The van der Waals surface area contributed by atoms with Gasteiger partial charge in [0.2, 0.25) is 11.8 Å². The van der Waals surface area contributed by atoms with E-state index in [1.165, 1.54) is 6.42 Å². The van der Waals surface area contributed by atoms with E-state index in [0.29, 0.717) is 44.0 Å². The molecule has 0 radical (unpaired) electrons. The summed E-state index contributed by atoms with van der Waals surface area (Å²) in [6, 6.07) is 13.2. The molecule has 0 atom stereocenters. The Morgan fingerprint density at radius 1 is 0.857 bits per heavy atom. The minimum atomic E-state index is -0.0431. The average molecular weight is 477 g/mol. The van der Waals surface area contributed by atoms with Crippen LogP contribution in [0.1, 0.15) is 53.6 Å². The Labute approximate surface area is 207 Å². The maximum Gasteiger partial charge on any atom is 0.254 e. The quantitative estimate of drug-likeness (QED) is 0.654. The topological polar surface area (TPSA) is 81.8 Å². The van der Waals surface area contributed by atoms with E-state index < -0.39 is 0 Å². The summed E-state index contributed by atoms with van der Waals surface area (Å²) in [4.78, 5) is 42.2. The van der Waals surface area contributed by atoms with Crippen molar-refractivity contribution in [2.24, 2.45) is 5.92 Å². The third-order valence-corrected chi connectivity index (χ3v) is 7.13. The van der Waals surface area contributed by atoms with Gasteiger partial charge in [0.25, 0.3) is 5.91 Å². The van der Waals surface area contributed by atoms with Crippen LogP contribution in [-0.4, -0.2) is 60.2 Å². The molecule has 186 valence electrons. The summed E-state index contributed by atoms with van der Waals surface area (Å²) in [6.45, 7) is 6.70. The maximum atomic E-state index is 13.1. The van der Waals surface area contributed by atoms with Gasteiger partial charge in [-0.15, -0.1) is 0 Å². The van der Waals surface area contributed by atoms with Gasteiger partial charge >= 0.3 is 0 Å². The van der Waals surface area contributed by atoms with Crippen LogP contribution in [0.4, 0.5) is 11.4 Å². The van der Waals surface area contributed by atoms with Gasteiger partial charge in [-0.05, 0) is 56.0 Å². The number of amides is 3. The smallest absolute Gasteiger partial charge is 0.254 e. The molecule has 0 spiro atoms. The van der Waals surface area contributed by atoms with E-state index >= 15 is 0 Å². The Kier molecular flexibility index (Phi) is 8.18. The molecule has 0 aromatic heterocycles. The highest BCUT2D eigenvalue weighted by molar-refractivity contribution is 5.98. The van der Waals surface area contributed by atoms with E-state index in [9.17, 15) is 14.4 Å². The van der Waals surface area contributed by atoms with Crippen LogP contribution < -0.4 is 10.6 Å². The summed E-state index contributed by atoms with van der Waals surface area (Å²) in [7, 11) is 0. The number of benzene rings is 2. The zero-order chi connectivity index (χ0) is 24.8. The highest BCUT2D eigenvalue weighted by atomic mass is 16.2. The van der Waals surface area contributed by atoms with Crippen molar-refractivity contribution in [3.63, 3.8) is 0 Å². The molecule has 2 aliphatic rings. The molecule has 0 bridgehead atoms. The number of aryl methyl sites for hydroxylation is 2. The van der Waals surface area contributed by atoms with Crippen LogP contribution in [-0.2, 0) is 9.59 Å². The van der Waals surface area contributed by atoms with Gasteiger partial charge in [-0.3, -0.25) is 19.3 Å². The zero-order valence-electron chi connectivity index (χ0n) is 20.8. The number of carbonyl (C=O) groups excluding carboxylic acids is 3. The first-order valence-corrected chi connectivity index (χ1v) is 12.7. The summed E-state index contributed by atoms with van der Waals surface area (Å²) in [5.74, 6) is 0.0483. The van der Waals surface area contributed by atoms with E-state index in [-0.39, 0.29) is 23.6 Å². The fourth-order valence-corrected chi connectivity index (χ4v) is 5.02. The first-order chi connectivity index (χ1) is 16.9. The monoisotopic (exact) mass is 476 g/mol. The lowest BCUT2D eigenvalue weighted by Gasteiger charge is -2.34. The molecule has 1 aliphatic heterocycles. The standard InChI is InChI=1S/C28H36N4O3/c1-20-8-6-9-21(2)26(20)30-25(33)19-31-14-16-32(17-15-31)28(35)23-12-7-13-24(18-23)29-27(34)22-10-4-3-5-11-22/h6-9,12-13,18,22H,3-5,10-11,14-17,19H2,1-2H3,(H,29,34)(H,30,33). The molecule has 4 rings (SSSR count). The molecule has 2 N–H and O–H groups in total. The van der Waals surface area contributed by atoms with Gasteiger partial charge in [0, 0.05) is 49.0 Å². The van der Waals surface area contributed by atoms with Crippen LogP contribution in [0.25, 0.3) is 0 Å². The van der Waals surface area contributed by atoms with Gasteiger partial charge in [-0.1, -0.05) is 43.5 Å². The van der Waals surface area contributed by atoms with Crippen molar-refractivity contribution in [2.75, 3.05) is 43.4 Å². The van der Waals surface area contributed by atoms with Crippen LogP contribution in [0.3, 0.4) is 0 Å². The molecular formula is C28H36N4O3. The lowest BCUT2D eigenvalue weighted by molar-refractivity contribution is -0.120. The van der Waals surface area contributed by atoms with Gasteiger partial charge in [-0.2, -0.15) is 0 Å². The summed E-state index contributed by atoms with van der Waals surface area (Å²) >= 11 is 0. The van der Waals surface area contributed by atoms with E-state index in [2.05, 4.69) is 15.5 Å². The Balaban J connectivity index is 1.27. The minimum absolute atomic E-state index is 0.0383. The SMILES string of the molecule is Cc1cccc(C)c1NC(=O)CN1CCN(C(=O)c2cccc(NC(=O)C3CCCCC3)c2)CC1. The molecule has 2 aromatic carbocycles. The molecule has 1 aliphatic carbocycles. The number of hydrogen-bond acceptors (Lipinski definition) is 4. The van der Waals surface area contributed by atoms with Crippen molar-refractivity contribution >= 4 is 29.1 Å². The van der Waals surface area contributed by atoms with Crippen molar-refractivity contribution in [1.82, 2.24) is 9.80 Å². The summed E-state index contributed by atoms with van der Waals surface area (Å²) in [5.41, 5.74) is 4.22. The number of rotatable bonds is 6. The van der Waals surface area contributed by atoms with Crippen molar-refractivity contribution in [1.29, 1.82) is 0 Å². The molecule has 2 fully saturated rings. The van der Waals surface area contributed by atoms with Crippen LogP contribution in [0.15, 0.2) is 42.5 Å². The fourth-order valence-electron chi connectivity index (χ4n) is 5.02. The second kappa shape index (κ2) is 11.5. The number of nitrogens with one attached hydrogen (secondary N) is 2. The second-order valence-electron chi connectivity index (χ2n) is 9.79. The van der Waals surface area contributed by atoms with Gasteiger partial charge in [0.1, 0.15) is 0 Å². The van der Waals surface area contributed by atoms with E-state index in [1.807, 2.05) is 49.1 Å². The summed E-state index contributed by atoms with van der Waals surface area (Å²) in [5, 5.41) is 6.04. The Bertz CT molecular complexity index is 1050. The highest BCUT2D eigenvalue weighted by Gasteiger charge is 2.25. The first-order valence-electron chi connectivity index (χ1n) is 12.7. The molecular weight excluding hydrogens is 440 g/mol. The largest absolute Gasteiger partial charge is 0.336 e. The van der Waals surface area contributed by atoms with Crippen molar-refractivity contribution in [3.8, 4) is 0 Å². The van der Waals surface area contributed by atoms with Crippen molar-refractivity contribution in [2.45, 2.75) is 46.0 Å².